The number of halogens is 2. The summed E-state index contributed by atoms with van der Waals surface area (Å²) >= 11 is 0. The number of hydrazine groups is 1. The zero-order chi connectivity index (χ0) is 24.7. The van der Waals surface area contributed by atoms with E-state index in [0.717, 1.165) is 21.7 Å². The molecule has 2 amide bonds. The molecular weight excluding hydrogens is 432 g/mol. The van der Waals surface area contributed by atoms with Gasteiger partial charge < -0.3 is 20.1 Å². The minimum absolute atomic E-state index is 0.0458. The second kappa shape index (κ2) is 11.3. The minimum atomic E-state index is -2.99. The lowest BCUT2D eigenvalue weighted by Gasteiger charge is -2.18. The van der Waals surface area contributed by atoms with Crippen LogP contribution in [0.25, 0.3) is 0 Å². The number of amides is 2. The molecule has 0 bridgehead atoms. The SMILES string of the molecule is CN/C(OC(F)F)=C(/C)C(=N)c1ccc(OCc2c(C)cccc2NC(=O)N(C)N)c(C)c1. The second-order valence-corrected chi connectivity index (χ2v) is 7.37. The topological polar surface area (TPSA) is 113 Å². The van der Waals surface area contributed by atoms with Crippen LogP contribution in [0.4, 0.5) is 19.3 Å². The Bertz CT molecular complexity index is 1050. The van der Waals surface area contributed by atoms with E-state index in [1.165, 1.54) is 21.0 Å². The fraction of sp³-hybridized carbons (Fsp3) is 0.304. The molecule has 0 aliphatic heterocycles. The van der Waals surface area contributed by atoms with Crippen LogP contribution in [0.15, 0.2) is 47.9 Å². The number of nitrogens with one attached hydrogen (secondary N) is 3. The number of hydrogen-bond donors (Lipinski definition) is 4. The number of anilines is 1. The van der Waals surface area contributed by atoms with Crippen molar-refractivity contribution in [3.63, 3.8) is 0 Å². The van der Waals surface area contributed by atoms with Gasteiger partial charge in [-0.15, -0.1) is 0 Å². The number of ether oxygens (including phenoxy) is 2. The first-order valence-electron chi connectivity index (χ1n) is 10.1. The molecule has 0 aliphatic carbocycles. The Morgan fingerprint density at radius 1 is 1.21 bits per heavy atom. The smallest absolute Gasteiger partial charge is 0.388 e. The number of rotatable bonds is 9. The van der Waals surface area contributed by atoms with Gasteiger partial charge in [-0.25, -0.2) is 10.6 Å². The van der Waals surface area contributed by atoms with Gasteiger partial charge in [0.25, 0.3) is 0 Å². The normalized spacial score (nSPS) is 11.5. The van der Waals surface area contributed by atoms with Gasteiger partial charge in [-0.3, -0.25) is 10.4 Å². The van der Waals surface area contributed by atoms with Crippen molar-refractivity contribution < 1.29 is 23.0 Å². The van der Waals surface area contributed by atoms with Crippen molar-refractivity contribution in [1.82, 2.24) is 10.3 Å². The lowest BCUT2D eigenvalue weighted by Crippen LogP contribution is -2.37. The first-order chi connectivity index (χ1) is 15.5. The third kappa shape index (κ3) is 6.66. The molecule has 178 valence electrons. The van der Waals surface area contributed by atoms with Crippen molar-refractivity contribution in [3.8, 4) is 5.75 Å². The van der Waals surface area contributed by atoms with Gasteiger partial charge in [0.2, 0.25) is 0 Å². The third-order valence-electron chi connectivity index (χ3n) is 4.96. The number of urea groups is 1. The third-order valence-corrected chi connectivity index (χ3v) is 4.96. The Kier molecular flexibility index (Phi) is 8.75. The zero-order valence-electron chi connectivity index (χ0n) is 19.3. The molecule has 0 heterocycles. The summed E-state index contributed by atoms with van der Waals surface area (Å²) in [6.07, 6.45) is 0. The van der Waals surface area contributed by atoms with Crippen LogP contribution in [0.2, 0.25) is 0 Å². The summed E-state index contributed by atoms with van der Waals surface area (Å²) in [5.74, 6) is 5.91. The highest BCUT2D eigenvalue weighted by Crippen LogP contribution is 2.26. The molecule has 0 saturated heterocycles. The molecule has 2 aromatic rings. The Morgan fingerprint density at radius 2 is 1.91 bits per heavy atom. The van der Waals surface area contributed by atoms with E-state index >= 15 is 0 Å². The second-order valence-electron chi connectivity index (χ2n) is 7.37. The number of nitrogens with two attached hydrogens (primary N) is 1. The van der Waals surface area contributed by atoms with Crippen molar-refractivity contribution in [2.24, 2.45) is 5.84 Å². The molecule has 0 aliphatic rings. The minimum Gasteiger partial charge on any atom is -0.489 e. The summed E-state index contributed by atoms with van der Waals surface area (Å²) in [5.41, 5.74) is 3.89. The Hall–Kier alpha value is -3.66. The van der Waals surface area contributed by atoms with Gasteiger partial charge in [-0.05, 0) is 56.2 Å². The van der Waals surface area contributed by atoms with Crippen LogP contribution in [0.3, 0.4) is 0 Å². The van der Waals surface area contributed by atoms with Crippen LogP contribution in [0.1, 0.15) is 29.2 Å². The summed E-state index contributed by atoms with van der Waals surface area (Å²) < 4.78 is 35.6. The molecule has 33 heavy (non-hydrogen) atoms. The first kappa shape index (κ1) is 25.6. The number of benzene rings is 2. The summed E-state index contributed by atoms with van der Waals surface area (Å²) in [7, 11) is 2.89. The molecule has 0 radical (unpaired) electrons. The molecule has 0 spiro atoms. The van der Waals surface area contributed by atoms with Crippen LogP contribution in [-0.2, 0) is 11.3 Å². The van der Waals surface area contributed by atoms with Gasteiger partial charge in [-0.2, -0.15) is 8.78 Å². The summed E-state index contributed by atoms with van der Waals surface area (Å²) in [6.45, 7) is 2.47. The van der Waals surface area contributed by atoms with Crippen LogP contribution in [0.5, 0.6) is 5.75 Å². The van der Waals surface area contributed by atoms with Crippen molar-refractivity contribution in [2.75, 3.05) is 19.4 Å². The molecule has 0 unspecified atom stereocenters. The van der Waals surface area contributed by atoms with Crippen LogP contribution in [-0.4, -0.2) is 37.5 Å². The molecule has 8 nitrogen and oxygen atoms in total. The maximum absolute atomic E-state index is 12.6. The van der Waals surface area contributed by atoms with Gasteiger partial charge in [0, 0.05) is 36.5 Å². The summed E-state index contributed by atoms with van der Waals surface area (Å²) in [5, 5.41) is 14.6. The molecule has 10 heteroatoms. The fourth-order valence-electron chi connectivity index (χ4n) is 3.09. The monoisotopic (exact) mass is 461 g/mol. The number of alkyl halides is 2. The molecule has 2 aromatic carbocycles. The van der Waals surface area contributed by atoms with E-state index in [4.69, 9.17) is 16.0 Å². The quantitative estimate of drug-likeness (QED) is 0.146. The summed E-state index contributed by atoms with van der Waals surface area (Å²) in [6, 6.07) is 10.2. The highest BCUT2D eigenvalue weighted by Gasteiger charge is 2.16. The predicted octanol–water partition coefficient (Wildman–Crippen LogP) is 4.28. The highest BCUT2D eigenvalue weighted by molar-refractivity contribution is 6.10. The largest absolute Gasteiger partial charge is 0.489 e. The van der Waals surface area contributed by atoms with E-state index in [-0.39, 0.29) is 23.8 Å². The van der Waals surface area contributed by atoms with Gasteiger partial charge in [0.15, 0.2) is 5.88 Å². The van der Waals surface area contributed by atoms with Gasteiger partial charge in [-0.1, -0.05) is 12.1 Å². The van der Waals surface area contributed by atoms with E-state index in [1.807, 2.05) is 26.0 Å². The molecule has 0 saturated carbocycles. The number of carbonyl (C=O) groups is 1. The van der Waals surface area contributed by atoms with Crippen molar-refractivity contribution >= 4 is 17.4 Å². The number of hydrogen-bond acceptors (Lipinski definition) is 6. The van der Waals surface area contributed by atoms with Gasteiger partial charge in [0.05, 0.1) is 5.71 Å². The number of carbonyl (C=O) groups excluding carboxylic acids is 1. The Labute approximate surface area is 191 Å². The van der Waals surface area contributed by atoms with Crippen LogP contribution in [0, 0.1) is 19.3 Å². The molecule has 0 atom stereocenters. The Balaban J connectivity index is 2.22. The van der Waals surface area contributed by atoms with Crippen molar-refractivity contribution in [2.45, 2.75) is 34.0 Å². The average Bonchev–Trinajstić information content (AvgIpc) is 2.76. The van der Waals surface area contributed by atoms with Crippen LogP contribution < -0.4 is 21.2 Å². The number of nitrogens with zero attached hydrogens (tertiary/aromatic N) is 1. The van der Waals surface area contributed by atoms with Crippen LogP contribution >= 0.6 is 0 Å². The van der Waals surface area contributed by atoms with E-state index < -0.39 is 12.6 Å². The highest BCUT2D eigenvalue weighted by atomic mass is 19.3. The van der Waals surface area contributed by atoms with E-state index in [0.29, 0.717) is 17.0 Å². The predicted molar refractivity (Wildman–Crippen MR) is 123 cm³/mol. The molecule has 2 rings (SSSR count). The molecule has 0 fully saturated rings. The lowest BCUT2D eigenvalue weighted by atomic mass is 10.0. The van der Waals surface area contributed by atoms with E-state index in [1.54, 1.807) is 24.3 Å². The maximum Gasteiger partial charge on any atom is 0.388 e. The standard InChI is InChI=1S/C23H29F2N5O3/c1-13-7-6-8-18(29-23(31)30(5)27)17(13)12-32-19-10-9-16(11-14(19)2)20(26)15(3)21(28-4)33-22(24)25/h6-11,22,26,28H,12,27H2,1-5H3,(H,29,31)/b21-15+,26-20?. The lowest BCUT2D eigenvalue weighted by molar-refractivity contribution is -0.101. The number of allylic oxidation sites excluding steroid dienone is 1. The van der Waals surface area contributed by atoms with Gasteiger partial charge >= 0.3 is 12.6 Å². The number of aryl methyl sites for hydroxylation is 2. The Morgan fingerprint density at radius 3 is 2.48 bits per heavy atom. The zero-order valence-corrected chi connectivity index (χ0v) is 19.3. The van der Waals surface area contributed by atoms with E-state index in [9.17, 15) is 13.6 Å². The van der Waals surface area contributed by atoms with Crippen molar-refractivity contribution in [3.05, 3.63) is 70.1 Å². The first-order valence-corrected chi connectivity index (χ1v) is 10.1. The molecule has 5 N–H and O–H groups in total. The molecular formula is C23H29F2N5O3. The van der Waals surface area contributed by atoms with E-state index in [2.05, 4.69) is 15.4 Å². The molecule has 0 aromatic heterocycles. The summed E-state index contributed by atoms with van der Waals surface area (Å²) in [4.78, 5) is 12.0. The van der Waals surface area contributed by atoms with Gasteiger partial charge in [0.1, 0.15) is 12.4 Å². The average molecular weight is 462 g/mol. The fourth-order valence-corrected chi connectivity index (χ4v) is 3.09. The van der Waals surface area contributed by atoms with Crippen molar-refractivity contribution in [1.29, 1.82) is 5.41 Å². The maximum atomic E-state index is 12.6.